The van der Waals surface area contributed by atoms with Crippen molar-refractivity contribution in [3.05, 3.63) is 46.2 Å². The Bertz CT molecular complexity index is 669. The van der Waals surface area contributed by atoms with Gasteiger partial charge in [-0.3, -0.25) is 9.69 Å². The topological polar surface area (TPSA) is 64.2 Å². The second-order valence-corrected chi connectivity index (χ2v) is 6.10. The van der Waals surface area contributed by atoms with Gasteiger partial charge in [-0.05, 0) is 18.9 Å². The average molecular weight is 286 g/mol. The van der Waals surface area contributed by atoms with Crippen molar-refractivity contribution in [1.82, 2.24) is 19.8 Å². The van der Waals surface area contributed by atoms with Crippen molar-refractivity contribution >= 4 is 0 Å². The summed E-state index contributed by atoms with van der Waals surface area (Å²) >= 11 is 0. The van der Waals surface area contributed by atoms with Gasteiger partial charge in [-0.15, -0.1) is 0 Å². The van der Waals surface area contributed by atoms with E-state index in [2.05, 4.69) is 15.2 Å². The van der Waals surface area contributed by atoms with Gasteiger partial charge in [0.05, 0.1) is 17.9 Å². The second kappa shape index (κ2) is 5.11. The van der Waals surface area contributed by atoms with Crippen molar-refractivity contribution in [3.8, 4) is 0 Å². The summed E-state index contributed by atoms with van der Waals surface area (Å²) in [6.07, 6.45) is 4.01. The first-order valence-electron chi connectivity index (χ1n) is 7.47. The molecule has 0 spiro atoms. The van der Waals surface area contributed by atoms with Crippen LogP contribution in [0.2, 0.25) is 0 Å². The van der Waals surface area contributed by atoms with E-state index >= 15 is 0 Å². The average Bonchev–Trinajstić information content (AvgIpc) is 3.16. The molecule has 0 radical (unpaired) electrons. The van der Waals surface area contributed by atoms with E-state index in [1.807, 2.05) is 12.1 Å². The summed E-state index contributed by atoms with van der Waals surface area (Å²) in [5.41, 5.74) is 2.04. The first-order chi connectivity index (χ1) is 10.3. The van der Waals surface area contributed by atoms with Gasteiger partial charge in [0.25, 0.3) is 5.56 Å². The lowest BCUT2D eigenvalue weighted by atomic mass is 10.00. The molecule has 2 aromatic heterocycles. The minimum absolute atomic E-state index is 0.00866. The van der Waals surface area contributed by atoms with Crippen molar-refractivity contribution in [1.29, 1.82) is 0 Å². The van der Waals surface area contributed by atoms with Crippen LogP contribution in [-0.2, 0) is 13.1 Å². The molecular formula is C15H18N4O2. The Morgan fingerprint density at radius 2 is 2.10 bits per heavy atom. The van der Waals surface area contributed by atoms with Gasteiger partial charge in [0.1, 0.15) is 6.26 Å². The van der Waals surface area contributed by atoms with E-state index in [1.54, 1.807) is 17.0 Å². The molecule has 0 bridgehead atoms. The standard InChI is InChI=1S/C15H18N4O2/c20-15-4-3-14(12-1-2-12)16-19(15)9-11-7-18(8-11)10-13-5-6-21-17-13/h3-6,11-12H,1-2,7-10H2. The first-order valence-corrected chi connectivity index (χ1v) is 7.47. The molecule has 110 valence electrons. The molecule has 6 heteroatoms. The van der Waals surface area contributed by atoms with Crippen LogP contribution >= 0.6 is 0 Å². The predicted octanol–water partition coefficient (Wildman–Crippen LogP) is 1.24. The third kappa shape index (κ3) is 2.76. The molecule has 3 heterocycles. The summed E-state index contributed by atoms with van der Waals surface area (Å²) in [7, 11) is 0. The van der Waals surface area contributed by atoms with E-state index in [1.165, 1.54) is 12.8 Å². The highest BCUT2D eigenvalue weighted by Gasteiger charge is 2.29. The molecule has 0 aromatic carbocycles. The molecule has 1 aliphatic carbocycles. The number of aromatic nitrogens is 3. The minimum atomic E-state index is 0.00866. The van der Waals surface area contributed by atoms with Gasteiger partial charge in [-0.1, -0.05) is 5.16 Å². The Balaban J connectivity index is 1.35. The molecule has 2 aliphatic rings. The lowest BCUT2D eigenvalue weighted by Gasteiger charge is -2.38. The zero-order valence-electron chi connectivity index (χ0n) is 11.8. The van der Waals surface area contributed by atoms with Crippen molar-refractivity contribution < 1.29 is 4.52 Å². The van der Waals surface area contributed by atoms with Crippen LogP contribution in [-0.4, -0.2) is 32.9 Å². The molecule has 1 saturated heterocycles. The van der Waals surface area contributed by atoms with E-state index < -0.39 is 0 Å². The van der Waals surface area contributed by atoms with Gasteiger partial charge in [0, 0.05) is 43.6 Å². The molecule has 0 atom stereocenters. The quantitative estimate of drug-likeness (QED) is 0.827. The Morgan fingerprint density at radius 3 is 2.81 bits per heavy atom. The summed E-state index contributed by atoms with van der Waals surface area (Å²) in [5, 5.41) is 8.43. The SMILES string of the molecule is O=c1ccc(C2CC2)nn1CC1CN(Cc2ccon2)C1. The van der Waals surface area contributed by atoms with E-state index in [0.717, 1.165) is 31.0 Å². The molecule has 0 unspecified atom stereocenters. The highest BCUT2D eigenvalue weighted by atomic mass is 16.5. The molecule has 21 heavy (non-hydrogen) atoms. The molecule has 2 aromatic rings. The third-order valence-electron chi connectivity index (χ3n) is 4.22. The van der Waals surface area contributed by atoms with Crippen LogP contribution in [0.1, 0.15) is 30.1 Å². The molecule has 1 saturated carbocycles. The molecule has 0 N–H and O–H groups in total. The Labute approximate surface area is 122 Å². The van der Waals surface area contributed by atoms with Gasteiger partial charge in [0.2, 0.25) is 0 Å². The van der Waals surface area contributed by atoms with E-state index in [9.17, 15) is 4.79 Å². The zero-order chi connectivity index (χ0) is 14.2. The van der Waals surface area contributed by atoms with Crippen molar-refractivity contribution in [2.24, 2.45) is 5.92 Å². The van der Waals surface area contributed by atoms with Crippen LogP contribution in [0.4, 0.5) is 0 Å². The Hall–Kier alpha value is -1.95. The Kier molecular flexibility index (Phi) is 3.11. The van der Waals surface area contributed by atoms with Gasteiger partial charge < -0.3 is 4.52 Å². The van der Waals surface area contributed by atoms with Crippen LogP contribution < -0.4 is 5.56 Å². The van der Waals surface area contributed by atoms with E-state index in [-0.39, 0.29) is 5.56 Å². The summed E-state index contributed by atoms with van der Waals surface area (Å²) < 4.78 is 6.48. The Morgan fingerprint density at radius 1 is 1.24 bits per heavy atom. The summed E-state index contributed by atoms with van der Waals surface area (Å²) in [6.45, 7) is 3.50. The van der Waals surface area contributed by atoms with Crippen LogP contribution in [0.15, 0.2) is 33.8 Å². The van der Waals surface area contributed by atoms with Gasteiger partial charge in [0.15, 0.2) is 0 Å². The van der Waals surface area contributed by atoms with Crippen LogP contribution in [0.25, 0.3) is 0 Å². The number of likely N-dealkylation sites (tertiary alicyclic amines) is 1. The maximum Gasteiger partial charge on any atom is 0.266 e. The molecule has 2 fully saturated rings. The molecular weight excluding hydrogens is 268 g/mol. The smallest absolute Gasteiger partial charge is 0.266 e. The zero-order valence-corrected chi connectivity index (χ0v) is 11.8. The molecule has 4 rings (SSSR count). The minimum Gasteiger partial charge on any atom is -0.364 e. The fourth-order valence-corrected chi connectivity index (χ4v) is 2.91. The lowest BCUT2D eigenvalue weighted by Crippen LogP contribution is -2.49. The number of hydrogen-bond acceptors (Lipinski definition) is 5. The maximum atomic E-state index is 11.9. The summed E-state index contributed by atoms with van der Waals surface area (Å²) in [5.74, 6) is 1.08. The summed E-state index contributed by atoms with van der Waals surface area (Å²) in [6, 6.07) is 5.43. The number of rotatable bonds is 5. The van der Waals surface area contributed by atoms with E-state index in [4.69, 9.17) is 4.52 Å². The molecule has 1 aliphatic heterocycles. The van der Waals surface area contributed by atoms with Crippen LogP contribution in [0.3, 0.4) is 0 Å². The van der Waals surface area contributed by atoms with Gasteiger partial charge >= 0.3 is 0 Å². The fourth-order valence-electron chi connectivity index (χ4n) is 2.91. The lowest BCUT2D eigenvalue weighted by molar-refractivity contribution is 0.0742. The van der Waals surface area contributed by atoms with Gasteiger partial charge in [-0.2, -0.15) is 5.10 Å². The number of nitrogens with zero attached hydrogens (tertiary/aromatic N) is 4. The fraction of sp³-hybridized carbons (Fsp3) is 0.533. The predicted molar refractivity (Wildman–Crippen MR) is 75.7 cm³/mol. The monoisotopic (exact) mass is 286 g/mol. The largest absolute Gasteiger partial charge is 0.364 e. The van der Waals surface area contributed by atoms with Crippen LogP contribution in [0, 0.1) is 5.92 Å². The maximum absolute atomic E-state index is 11.9. The summed E-state index contributed by atoms with van der Waals surface area (Å²) in [4.78, 5) is 14.2. The first kappa shape index (κ1) is 12.8. The normalized spacial score (nSPS) is 19.6. The highest BCUT2D eigenvalue weighted by molar-refractivity contribution is 5.12. The van der Waals surface area contributed by atoms with Crippen LogP contribution in [0.5, 0.6) is 0 Å². The van der Waals surface area contributed by atoms with Crippen molar-refractivity contribution in [3.63, 3.8) is 0 Å². The third-order valence-corrected chi connectivity index (χ3v) is 4.22. The van der Waals surface area contributed by atoms with E-state index in [0.29, 0.717) is 18.4 Å². The van der Waals surface area contributed by atoms with Gasteiger partial charge in [-0.25, -0.2) is 4.68 Å². The second-order valence-electron chi connectivity index (χ2n) is 6.10. The van der Waals surface area contributed by atoms with Crippen molar-refractivity contribution in [2.75, 3.05) is 13.1 Å². The van der Waals surface area contributed by atoms with Crippen molar-refractivity contribution in [2.45, 2.75) is 31.8 Å². The molecule has 0 amide bonds. The number of hydrogen-bond donors (Lipinski definition) is 0. The highest BCUT2D eigenvalue weighted by Crippen LogP contribution is 2.38. The molecule has 6 nitrogen and oxygen atoms in total.